The summed E-state index contributed by atoms with van der Waals surface area (Å²) in [7, 11) is 0. The van der Waals surface area contributed by atoms with Gasteiger partial charge in [0.05, 0.1) is 28.0 Å². The minimum Gasteiger partial charge on any atom is -0.507 e. The topological polar surface area (TPSA) is 50.9 Å². The molecule has 0 atom stereocenters. The van der Waals surface area contributed by atoms with Crippen LogP contribution in [0.4, 0.5) is 0 Å². The first kappa shape index (κ1) is 24.5. The molecule has 2 aromatic heterocycles. The average molecular weight is 851 g/mol. The first-order chi connectivity index (χ1) is 38.3. The van der Waals surface area contributed by atoms with E-state index in [1.165, 1.54) is 22.8 Å². The first-order valence-corrected chi connectivity index (χ1v) is 20.6. The molecule has 0 aliphatic heterocycles. The van der Waals surface area contributed by atoms with E-state index >= 15 is 0 Å². The predicted octanol–water partition coefficient (Wildman–Crippen LogP) is 16.0. The minimum absolute atomic E-state index is 0.0163. The van der Waals surface area contributed by atoms with Gasteiger partial charge in [-0.1, -0.05) is 168 Å². The van der Waals surface area contributed by atoms with Crippen molar-refractivity contribution in [2.45, 2.75) is 111 Å². The standard InChI is InChI=1S/C59H63N3O/c1-37-30-40(38-18-15-14-16-19-38)24-27-51(37)62-52-21-17-20-47(53(52)61-55(62)48-35-46(58(8,9)10)36-49(54(48)63)59(11,12)13)42-31-43(33-45(32-42)57(5,6)7)50-34-41(28-29-60-50)39-22-25-44(26-23-39)56(2,3)4/h14-36,63H,1-13H3/i1D3,8D3,9D3,10D3,11D3,12D3,13D3. The van der Waals surface area contributed by atoms with Crippen molar-refractivity contribution in [3.05, 3.63) is 167 Å². The highest BCUT2D eigenvalue weighted by molar-refractivity contribution is 5.97. The Bertz CT molecular complexity index is 3700. The van der Waals surface area contributed by atoms with Gasteiger partial charge in [-0.05, 0) is 127 Å². The lowest BCUT2D eigenvalue weighted by molar-refractivity contribution is 0.446. The molecule has 8 aromatic rings. The molecule has 320 valence electrons. The molecule has 2 heterocycles. The van der Waals surface area contributed by atoms with Crippen molar-refractivity contribution in [3.63, 3.8) is 0 Å². The van der Waals surface area contributed by atoms with Gasteiger partial charge in [-0.2, -0.15) is 0 Å². The third-order valence-electron chi connectivity index (χ3n) is 11.5. The molecule has 1 N–H and O–H groups in total. The van der Waals surface area contributed by atoms with Crippen molar-refractivity contribution in [2.75, 3.05) is 0 Å². The van der Waals surface area contributed by atoms with E-state index in [4.69, 9.17) is 38.8 Å². The van der Waals surface area contributed by atoms with E-state index in [9.17, 15) is 5.11 Å². The first-order valence-electron chi connectivity index (χ1n) is 31.1. The number of pyridine rings is 1. The van der Waals surface area contributed by atoms with Gasteiger partial charge < -0.3 is 5.11 Å². The monoisotopic (exact) mass is 851 g/mol. The maximum atomic E-state index is 13.0. The Morgan fingerprint density at radius 3 is 1.84 bits per heavy atom. The predicted molar refractivity (Wildman–Crippen MR) is 267 cm³/mol. The second-order valence-electron chi connectivity index (χ2n) is 18.3. The largest absolute Gasteiger partial charge is 0.507 e. The number of hydrogen-bond acceptors (Lipinski definition) is 3. The zero-order valence-electron chi connectivity index (χ0n) is 57.1. The van der Waals surface area contributed by atoms with E-state index in [0.717, 1.165) is 22.3 Å². The number of hydrogen-bond donors (Lipinski definition) is 1. The summed E-state index contributed by atoms with van der Waals surface area (Å²) in [6.45, 7) is -15.6. The molecule has 0 fully saturated rings. The number of phenolic OH excluding ortho intramolecular Hbond substituents is 1. The number of imidazole rings is 1. The molecular formula is C59H63N3O. The van der Waals surface area contributed by atoms with Crippen LogP contribution >= 0.6 is 0 Å². The summed E-state index contributed by atoms with van der Waals surface area (Å²) >= 11 is 0. The van der Waals surface area contributed by atoms with Crippen molar-refractivity contribution in [1.82, 2.24) is 14.5 Å². The van der Waals surface area contributed by atoms with Gasteiger partial charge in [0.15, 0.2) is 0 Å². The van der Waals surface area contributed by atoms with Crippen molar-refractivity contribution in [1.29, 1.82) is 0 Å². The molecule has 6 aromatic carbocycles. The van der Waals surface area contributed by atoms with E-state index < -0.39 is 92.5 Å². The lowest BCUT2D eigenvalue weighted by Gasteiger charge is -2.27. The maximum absolute atomic E-state index is 13.0. The third kappa shape index (κ3) is 8.61. The summed E-state index contributed by atoms with van der Waals surface area (Å²) in [5.74, 6) is -2.12. The molecule has 4 nitrogen and oxygen atoms in total. The molecule has 0 bridgehead atoms. The van der Waals surface area contributed by atoms with Gasteiger partial charge in [-0.15, -0.1) is 0 Å². The van der Waals surface area contributed by atoms with Crippen LogP contribution in [0.5, 0.6) is 5.75 Å². The smallest absolute Gasteiger partial charge is 0.149 e. The van der Waals surface area contributed by atoms with Gasteiger partial charge in [-0.3, -0.25) is 9.55 Å². The minimum atomic E-state index is -4.22. The summed E-state index contributed by atoms with van der Waals surface area (Å²) in [4.78, 5) is 9.85. The van der Waals surface area contributed by atoms with Crippen LogP contribution in [0.1, 0.15) is 139 Å². The number of aromatic nitrogens is 3. The average Bonchev–Trinajstić information content (AvgIpc) is 0.800. The fourth-order valence-electron chi connectivity index (χ4n) is 7.90. The van der Waals surface area contributed by atoms with E-state index in [1.807, 2.05) is 63.2 Å². The number of para-hydroxylation sites is 1. The molecule has 63 heavy (non-hydrogen) atoms. The maximum Gasteiger partial charge on any atom is 0.149 e. The van der Waals surface area contributed by atoms with Crippen molar-refractivity contribution < 1.29 is 33.9 Å². The number of aromatic hydroxyl groups is 1. The quantitative estimate of drug-likeness (QED) is 0.181. The fourth-order valence-corrected chi connectivity index (χ4v) is 7.90. The lowest BCUT2D eigenvalue weighted by atomic mass is 9.79. The van der Waals surface area contributed by atoms with Crippen LogP contribution in [0.25, 0.3) is 72.7 Å². The van der Waals surface area contributed by atoms with E-state index in [2.05, 4.69) is 32.9 Å². The number of nitrogens with zero attached hydrogens (tertiary/aromatic N) is 3. The fraction of sp³-hybridized carbons (Fsp3) is 0.288. The number of aryl methyl sites for hydroxylation is 1. The van der Waals surface area contributed by atoms with Crippen LogP contribution in [-0.4, -0.2) is 19.6 Å². The Balaban J connectivity index is 1.58. The Kier molecular flexibility index (Phi) is 6.17. The van der Waals surface area contributed by atoms with E-state index in [1.54, 1.807) is 54.7 Å². The molecule has 0 radical (unpaired) electrons. The van der Waals surface area contributed by atoms with Gasteiger partial charge in [0.1, 0.15) is 11.6 Å². The molecule has 0 saturated heterocycles. The number of rotatable bonds is 6. The number of phenols is 1. The van der Waals surface area contributed by atoms with E-state index in [0.29, 0.717) is 39.6 Å². The normalized spacial score (nSPS) is 18.9. The summed E-state index contributed by atoms with van der Waals surface area (Å²) < 4.78 is 185. The van der Waals surface area contributed by atoms with Gasteiger partial charge in [0.2, 0.25) is 0 Å². The lowest BCUT2D eigenvalue weighted by Crippen LogP contribution is -2.17. The molecule has 8 rings (SSSR count). The Hall–Kier alpha value is -6.26. The van der Waals surface area contributed by atoms with E-state index in [-0.39, 0.29) is 33.8 Å². The molecule has 0 aliphatic rings. The highest BCUT2D eigenvalue weighted by Crippen LogP contribution is 2.45. The van der Waals surface area contributed by atoms with Crippen LogP contribution in [0.3, 0.4) is 0 Å². The van der Waals surface area contributed by atoms with Gasteiger partial charge in [0, 0.05) is 51.7 Å². The van der Waals surface area contributed by atoms with Gasteiger partial charge in [0.25, 0.3) is 0 Å². The molecule has 0 unspecified atom stereocenters. The third-order valence-corrected chi connectivity index (χ3v) is 11.5. The Morgan fingerprint density at radius 2 is 1.16 bits per heavy atom. The van der Waals surface area contributed by atoms with Gasteiger partial charge >= 0.3 is 0 Å². The van der Waals surface area contributed by atoms with Crippen LogP contribution in [0, 0.1) is 6.85 Å². The molecule has 0 amide bonds. The van der Waals surface area contributed by atoms with Crippen molar-refractivity contribution >= 4 is 11.0 Å². The summed E-state index contributed by atoms with van der Waals surface area (Å²) in [5.41, 5.74) is -6.37. The molecule has 0 saturated carbocycles. The second kappa shape index (κ2) is 15.8. The Morgan fingerprint density at radius 1 is 0.508 bits per heavy atom. The van der Waals surface area contributed by atoms with Crippen LogP contribution in [0.15, 0.2) is 140 Å². The Labute approximate surface area is 405 Å². The number of fused-ring (bicyclic) bond motifs is 1. The van der Waals surface area contributed by atoms with Crippen LogP contribution in [0.2, 0.25) is 0 Å². The molecule has 0 spiro atoms. The second-order valence-corrected chi connectivity index (χ2v) is 18.3. The highest BCUT2D eigenvalue weighted by atomic mass is 16.3. The zero-order chi connectivity index (χ0) is 62.7. The van der Waals surface area contributed by atoms with Gasteiger partial charge in [-0.25, -0.2) is 4.98 Å². The molecular weight excluding hydrogens is 767 g/mol. The summed E-state index contributed by atoms with van der Waals surface area (Å²) in [6.07, 6.45) is 1.69. The number of benzene rings is 6. The molecule has 4 heteroatoms. The SMILES string of the molecule is [2H]C([2H])([2H])c1cc(-c2ccccc2)ccc1-n1c(-c2cc(C(C([2H])([2H])[2H])(C([2H])([2H])[2H])C([2H])([2H])[2H])cc(C(C([2H])([2H])[2H])(C([2H])([2H])[2H])C([2H])([2H])[2H])c2O)nc2c(-c3cc(-c4cc(-c5ccc(C(C)(C)C)cc5)ccn4)cc(C(C)(C)C)c3)cccc21. The summed E-state index contributed by atoms with van der Waals surface area (Å²) in [5, 5.41) is 13.0. The zero-order valence-corrected chi connectivity index (χ0v) is 36.1. The van der Waals surface area contributed by atoms with Crippen LogP contribution in [-0.2, 0) is 21.7 Å². The van der Waals surface area contributed by atoms with Crippen LogP contribution < -0.4 is 0 Å². The van der Waals surface area contributed by atoms with Crippen molar-refractivity contribution in [3.8, 4) is 67.5 Å². The van der Waals surface area contributed by atoms with Crippen molar-refractivity contribution in [2.24, 2.45) is 0 Å². The summed E-state index contributed by atoms with van der Waals surface area (Å²) in [6, 6.07) is 36.5. The molecule has 0 aliphatic carbocycles. The highest BCUT2D eigenvalue weighted by Gasteiger charge is 2.29.